The minimum absolute atomic E-state index is 0.150. The number of esters is 1. The number of nitrogens with one attached hydrogen (secondary N) is 1. The molecule has 0 radical (unpaired) electrons. The third kappa shape index (κ3) is 5.85. The Morgan fingerprint density at radius 1 is 1.16 bits per heavy atom. The van der Waals surface area contributed by atoms with Gasteiger partial charge in [-0.15, -0.1) is 23.5 Å². The zero-order chi connectivity index (χ0) is 17.6. The molecule has 136 valence electrons. The molecule has 0 bridgehead atoms. The number of carbonyl (C=O) groups is 2. The lowest BCUT2D eigenvalue weighted by atomic mass is 10.2. The first kappa shape index (κ1) is 18.5. The summed E-state index contributed by atoms with van der Waals surface area (Å²) in [4.78, 5) is 23.4. The molecule has 1 saturated heterocycles. The predicted molar refractivity (Wildman–Crippen MR) is 101 cm³/mol. The second kappa shape index (κ2) is 8.85. The van der Waals surface area contributed by atoms with Crippen LogP contribution in [-0.2, 0) is 14.3 Å². The molecule has 1 aliphatic carbocycles. The minimum Gasteiger partial charge on any atom is -0.482 e. The van der Waals surface area contributed by atoms with E-state index in [-0.39, 0.29) is 25.2 Å². The van der Waals surface area contributed by atoms with Crippen molar-refractivity contribution in [2.24, 2.45) is 5.92 Å². The molecule has 5 nitrogen and oxygen atoms in total. The lowest BCUT2D eigenvalue weighted by Gasteiger charge is -2.13. The highest BCUT2D eigenvalue weighted by Crippen LogP contribution is 2.45. The van der Waals surface area contributed by atoms with Gasteiger partial charge < -0.3 is 14.8 Å². The number of thioether (sulfide) groups is 2. The average Bonchev–Trinajstić information content (AvgIpc) is 3.33. The van der Waals surface area contributed by atoms with Crippen LogP contribution in [0, 0.1) is 5.92 Å². The van der Waals surface area contributed by atoms with Crippen LogP contribution in [0.1, 0.15) is 29.9 Å². The molecular formula is C18H23NO4S2. The second-order valence-electron chi connectivity index (χ2n) is 6.29. The van der Waals surface area contributed by atoms with Crippen LogP contribution in [0.2, 0.25) is 0 Å². The number of rotatable bonds is 8. The normalized spacial score (nSPS) is 18.6. The molecule has 0 aromatic heterocycles. The molecule has 2 aliphatic rings. The fourth-order valence-corrected chi connectivity index (χ4v) is 5.47. The molecule has 1 heterocycles. The summed E-state index contributed by atoms with van der Waals surface area (Å²) in [7, 11) is 0. The van der Waals surface area contributed by atoms with Gasteiger partial charge in [0, 0.05) is 17.5 Å². The lowest BCUT2D eigenvalue weighted by molar-refractivity contribution is -0.150. The predicted octanol–water partition coefficient (Wildman–Crippen LogP) is 3.00. The van der Waals surface area contributed by atoms with Gasteiger partial charge in [0.2, 0.25) is 0 Å². The van der Waals surface area contributed by atoms with Crippen LogP contribution < -0.4 is 10.1 Å². The molecule has 1 saturated carbocycles. The van der Waals surface area contributed by atoms with Crippen molar-refractivity contribution in [3.8, 4) is 5.75 Å². The van der Waals surface area contributed by atoms with Crippen LogP contribution in [0.3, 0.4) is 0 Å². The number of hydrogen-bond acceptors (Lipinski definition) is 6. The van der Waals surface area contributed by atoms with E-state index in [1.54, 1.807) is 0 Å². The minimum atomic E-state index is -0.541. The average molecular weight is 382 g/mol. The molecule has 1 aromatic carbocycles. The summed E-state index contributed by atoms with van der Waals surface area (Å²) in [5, 5.41) is 2.84. The molecule has 1 atom stereocenters. The standard InChI is InChI=1S/C18H23NO4S2/c1-12(13-2-3-13)19-16(20)10-23-17(21)11-22-15-6-4-14(5-7-15)18-24-8-9-25-18/h4-7,12-13,18H,2-3,8-11H2,1H3,(H,19,20)/t12-/m0/s1. The van der Waals surface area contributed by atoms with Gasteiger partial charge in [0.1, 0.15) is 5.75 Å². The smallest absolute Gasteiger partial charge is 0.344 e. The molecule has 3 rings (SSSR count). The third-order valence-electron chi connectivity index (χ3n) is 4.21. The van der Waals surface area contributed by atoms with Gasteiger partial charge in [-0.05, 0) is 43.4 Å². The zero-order valence-electron chi connectivity index (χ0n) is 14.2. The van der Waals surface area contributed by atoms with E-state index in [1.165, 1.54) is 17.1 Å². The van der Waals surface area contributed by atoms with Gasteiger partial charge >= 0.3 is 5.97 Å². The summed E-state index contributed by atoms with van der Waals surface area (Å²) in [6.45, 7) is 1.53. The van der Waals surface area contributed by atoms with Crippen LogP contribution >= 0.6 is 23.5 Å². The van der Waals surface area contributed by atoms with E-state index in [0.717, 1.165) is 12.8 Å². The number of carbonyl (C=O) groups excluding carboxylic acids is 2. The lowest BCUT2D eigenvalue weighted by Crippen LogP contribution is -2.37. The first-order valence-electron chi connectivity index (χ1n) is 8.53. The van der Waals surface area contributed by atoms with Gasteiger partial charge in [-0.3, -0.25) is 4.79 Å². The van der Waals surface area contributed by atoms with Crippen LogP contribution in [0.15, 0.2) is 24.3 Å². The van der Waals surface area contributed by atoms with Gasteiger partial charge in [0.25, 0.3) is 5.91 Å². The van der Waals surface area contributed by atoms with Gasteiger partial charge in [0.15, 0.2) is 13.2 Å². The van der Waals surface area contributed by atoms with Crippen molar-refractivity contribution in [1.29, 1.82) is 0 Å². The fourth-order valence-electron chi connectivity index (χ4n) is 2.61. The first-order valence-corrected chi connectivity index (χ1v) is 10.6. The number of benzene rings is 1. The van der Waals surface area contributed by atoms with Crippen molar-refractivity contribution in [3.05, 3.63) is 29.8 Å². The van der Waals surface area contributed by atoms with Crippen LogP contribution in [0.5, 0.6) is 5.75 Å². The maximum absolute atomic E-state index is 11.7. The van der Waals surface area contributed by atoms with Crippen LogP contribution in [0.4, 0.5) is 0 Å². The van der Waals surface area contributed by atoms with Crippen molar-refractivity contribution in [3.63, 3.8) is 0 Å². The van der Waals surface area contributed by atoms with Crippen molar-refractivity contribution < 1.29 is 19.1 Å². The Morgan fingerprint density at radius 3 is 2.48 bits per heavy atom. The molecule has 1 amide bonds. The highest BCUT2D eigenvalue weighted by molar-refractivity contribution is 8.19. The summed E-state index contributed by atoms with van der Waals surface area (Å²) in [5.41, 5.74) is 1.27. The summed E-state index contributed by atoms with van der Waals surface area (Å²) in [6, 6.07) is 7.95. The van der Waals surface area contributed by atoms with Crippen LogP contribution in [-0.4, -0.2) is 42.6 Å². The summed E-state index contributed by atoms with van der Waals surface area (Å²) < 4.78 is 10.9. The maximum Gasteiger partial charge on any atom is 0.344 e. The molecule has 7 heteroatoms. The van der Waals surface area contributed by atoms with Crippen molar-refractivity contribution in [1.82, 2.24) is 5.32 Å². The zero-order valence-corrected chi connectivity index (χ0v) is 15.9. The van der Waals surface area contributed by atoms with E-state index in [2.05, 4.69) is 5.32 Å². The molecule has 25 heavy (non-hydrogen) atoms. The highest BCUT2D eigenvalue weighted by atomic mass is 32.2. The van der Waals surface area contributed by atoms with Crippen molar-refractivity contribution in [2.45, 2.75) is 30.4 Å². The Hall–Kier alpha value is -1.34. The van der Waals surface area contributed by atoms with Gasteiger partial charge in [0.05, 0.1) is 4.58 Å². The Labute approximate surface area is 156 Å². The van der Waals surface area contributed by atoms with E-state index < -0.39 is 5.97 Å². The van der Waals surface area contributed by atoms with Crippen molar-refractivity contribution >= 4 is 35.4 Å². The Bertz CT molecular complexity index is 598. The third-order valence-corrected chi connectivity index (χ3v) is 7.32. The summed E-state index contributed by atoms with van der Waals surface area (Å²) >= 11 is 3.90. The SMILES string of the molecule is C[C@H](NC(=O)COC(=O)COc1ccc(C2SCCS2)cc1)C1CC1. The number of amides is 1. The highest BCUT2D eigenvalue weighted by Gasteiger charge is 2.29. The van der Waals surface area contributed by atoms with Crippen molar-refractivity contribution in [2.75, 3.05) is 24.7 Å². The van der Waals surface area contributed by atoms with E-state index in [9.17, 15) is 9.59 Å². The number of ether oxygens (including phenoxy) is 2. The fraction of sp³-hybridized carbons (Fsp3) is 0.556. The molecule has 0 spiro atoms. The summed E-state index contributed by atoms with van der Waals surface area (Å²) in [6.07, 6.45) is 2.32. The molecular weight excluding hydrogens is 358 g/mol. The Kier molecular flexibility index (Phi) is 6.53. The van der Waals surface area contributed by atoms with E-state index >= 15 is 0 Å². The topological polar surface area (TPSA) is 64.6 Å². The maximum atomic E-state index is 11.7. The second-order valence-corrected chi connectivity index (χ2v) is 9.01. The molecule has 1 aromatic rings. The van der Waals surface area contributed by atoms with E-state index in [0.29, 0.717) is 16.2 Å². The monoisotopic (exact) mass is 381 g/mol. The largest absolute Gasteiger partial charge is 0.482 e. The molecule has 1 N–H and O–H groups in total. The quantitative estimate of drug-likeness (QED) is 0.699. The Morgan fingerprint density at radius 2 is 1.84 bits per heavy atom. The first-order chi connectivity index (χ1) is 12.1. The van der Waals surface area contributed by atoms with Gasteiger partial charge in [-0.2, -0.15) is 0 Å². The molecule has 2 fully saturated rings. The van der Waals surface area contributed by atoms with E-state index in [1.807, 2.05) is 54.7 Å². The Balaban J connectivity index is 1.34. The van der Waals surface area contributed by atoms with Crippen LogP contribution in [0.25, 0.3) is 0 Å². The number of hydrogen-bond donors (Lipinski definition) is 1. The van der Waals surface area contributed by atoms with Gasteiger partial charge in [-0.1, -0.05) is 12.1 Å². The summed E-state index contributed by atoms with van der Waals surface area (Å²) in [5.74, 6) is 2.77. The molecule has 1 aliphatic heterocycles. The van der Waals surface area contributed by atoms with E-state index in [4.69, 9.17) is 9.47 Å². The molecule has 0 unspecified atom stereocenters. The van der Waals surface area contributed by atoms with Gasteiger partial charge in [-0.25, -0.2) is 4.79 Å².